The second-order valence-corrected chi connectivity index (χ2v) is 7.29. The van der Waals surface area contributed by atoms with Crippen molar-refractivity contribution in [1.82, 2.24) is 15.5 Å². The van der Waals surface area contributed by atoms with E-state index in [1.165, 1.54) is 0 Å². The number of carbonyl (C=O) groups excluding carboxylic acids is 2. The molecule has 2 heterocycles. The fraction of sp³-hybridized carbons (Fsp3) is 0.875. The summed E-state index contributed by atoms with van der Waals surface area (Å²) in [5, 5.41) is 6.19. The largest absolute Gasteiger partial charge is 0.444 e. The van der Waals surface area contributed by atoms with Gasteiger partial charge in [0.05, 0.1) is 5.92 Å². The Morgan fingerprint density at radius 1 is 1.18 bits per heavy atom. The molecule has 22 heavy (non-hydrogen) atoms. The first-order chi connectivity index (χ1) is 10.3. The van der Waals surface area contributed by atoms with Crippen molar-refractivity contribution >= 4 is 12.0 Å². The van der Waals surface area contributed by atoms with Gasteiger partial charge in [0.25, 0.3) is 0 Å². The van der Waals surface area contributed by atoms with Crippen LogP contribution in [0.5, 0.6) is 0 Å². The quantitative estimate of drug-likeness (QED) is 0.811. The van der Waals surface area contributed by atoms with E-state index in [1.807, 2.05) is 25.7 Å². The molecule has 0 spiro atoms. The first-order valence-corrected chi connectivity index (χ1v) is 8.34. The zero-order valence-corrected chi connectivity index (χ0v) is 14.0. The number of ether oxygens (including phenoxy) is 1. The van der Waals surface area contributed by atoms with Crippen LogP contribution in [0, 0.1) is 5.92 Å². The molecule has 2 aliphatic heterocycles. The van der Waals surface area contributed by atoms with E-state index in [1.54, 1.807) is 0 Å². The minimum Gasteiger partial charge on any atom is -0.444 e. The molecule has 0 aromatic carbocycles. The molecule has 6 nitrogen and oxygen atoms in total. The lowest BCUT2D eigenvalue weighted by Gasteiger charge is -2.35. The molecule has 2 N–H and O–H groups in total. The Labute approximate surface area is 132 Å². The number of amides is 2. The fourth-order valence-electron chi connectivity index (χ4n) is 3.04. The molecule has 0 radical (unpaired) electrons. The van der Waals surface area contributed by atoms with Crippen molar-refractivity contribution in [2.45, 2.75) is 58.1 Å². The van der Waals surface area contributed by atoms with E-state index in [0.29, 0.717) is 0 Å². The number of nitrogens with zero attached hydrogens (tertiary/aromatic N) is 1. The zero-order chi connectivity index (χ0) is 16.2. The van der Waals surface area contributed by atoms with Crippen LogP contribution in [-0.2, 0) is 9.53 Å². The van der Waals surface area contributed by atoms with E-state index in [0.717, 1.165) is 51.9 Å². The van der Waals surface area contributed by atoms with Crippen LogP contribution in [0.1, 0.15) is 46.5 Å². The molecule has 0 bridgehead atoms. The molecule has 2 aliphatic rings. The van der Waals surface area contributed by atoms with E-state index in [2.05, 4.69) is 10.6 Å². The highest BCUT2D eigenvalue weighted by atomic mass is 16.6. The number of likely N-dealkylation sites (tertiary alicyclic amines) is 1. The van der Waals surface area contributed by atoms with Crippen molar-refractivity contribution < 1.29 is 14.3 Å². The van der Waals surface area contributed by atoms with Gasteiger partial charge in [-0.1, -0.05) is 0 Å². The molecule has 2 saturated heterocycles. The second kappa shape index (κ2) is 7.31. The van der Waals surface area contributed by atoms with Gasteiger partial charge in [0, 0.05) is 25.7 Å². The molecule has 0 unspecified atom stereocenters. The van der Waals surface area contributed by atoms with Crippen LogP contribution in [0.25, 0.3) is 0 Å². The Hall–Kier alpha value is -1.30. The summed E-state index contributed by atoms with van der Waals surface area (Å²) in [6, 6.07) is 0.100. The maximum absolute atomic E-state index is 12.4. The van der Waals surface area contributed by atoms with Gasteiger partial charge in [-0.25, -0.2) is 4.79 Å². The maximum Gasteiger partial charge on any atom is 0.407 e. The van der Waals surface area contributed by atoms with Crippen molar-refractivity contribution in [3.8, 4) is 0 Å². The van der Waals surface area contributed by atoms with Crippen LogP contribution in [0.3, 0.4) is 0 Å². The summed E-state index contributed by atoms with van der Waals surface area (Å²) in [5.41, 5.74) is -0.477. The summed E-state index contributed by atoms with van der Waals surface area (Å²) in [5.74, 6) is 0.395. The van der Waals surface area contributed by atoms with Crippen LogP contribution in [0.2, 0.25) is 0 Å². The van der Waals surface area contributed by atoms with Crippen LogP contribution in [0.4, 0.5) is 4.79 Å². The third-order valence-electron chi connectivity index (χ3n) is 4.17. The predicted molar refractivity (Wildman–Crippen MR) is 84.6 cm³/mol. The fourth-order valence-corrected chi connectivity index (χ4v) is 3.04. The standard InChI is InChI=1S/C16H29N3O3/c1-16(2,3)22-15(21)18-13-6-9-19(10-7-13)14(20)12-5-4-8-17-11-12/h12-13,17H,4-11H2,1-3H3,(H,18,21)/t12-/m1/s1. The second-order valence-electron chi connectivity index (χ2n) is 7.29. The lowest BCUT2D eigenvalue weighted by Crippen LogP contribution is -2.50. The van der Waals surface area contributed by atoms with Gasteiger partial charge in [-0.2, -0.15) is 0 Å². The highest BCUT2D eigenvalue weighted by Crippen LogP contribution is 2.18. The van der Waals surface area contributed by atoms with Gasteiger partial charge in [-0.3, -0.25) is 4.79 Å². The van der Waals surface area contributed by atoms with Gasteiger partial charge in [0.15, 0.2) is 0 Å². The molecule has 6 heteroatoms. The molecule has 0 saturated carbocycles. The van der Waals surface area contributed by atoms with Crippen molar-refractivity contribution in [2.24, 2.45) is 5.92 Å². The normalized spacial score (nSPS) is 24.0. The highest BCUT2D eigenvalue weighted by molar-refractivity contribution is 5.79. The molecular weight excluding hydrogens is 282 g/mol. The Kier molecular flexibility index (Phi) is 5.67. The molecule has 126 valence electrons. The summed E-state index contributed by atoms with van der Waals surface area (Å²) in [7, 11) is 0. The van der Waals surface area contributed by atoms with Crippen molar-refractivity contribution in [3.63, 3.8) is 0 Å². The number of piperidine rings is 2. The average molecular weight is 311 g/mol. The van der Waals surface area contributed by atoms with Gasteiger partial charge < -0.3 is 20.3 Å². The summed E-state index contributed by atoms with van der Waals surface area (Å²) < 4.78 is 5.27. The van der Waals surface area contributed by atoms with Crippen LogP contribution in [-0.4, -0.2) is 54.7 Å². The SMILES string of the molecule is CC(C)(C)OC(=O)NC1CCN(C(=O)[C@@H]2CCCNC2)CC1. The molecule has 2 amide bonds. The van der Waals surface area contributed by atoms with Crippen LogP contribution >= 0.6 is 0 Å². The molecule has 0 aliphatic carbocycles. The summed E-state index contributed by atoms with van der Waals surface area (Å²) >= 11 is 0. The Morgan fingerprint density at radius 3 is 2.41 bits per heavy atom. The number of hydrogen-bond donors (Lipinski definition) is 2. The third kappa shape index (κ3) is 5.16. The average Bonchev–Trinajstić information content (AvgIpc) is 2.46. The van der Waals surface area contributed by atoms with Gasteiger partial charge >= 0.3 is 6.09 Å². The predicted octanol–water partition coefficient (Wildman–Crippen LogP) is 1.50. The van der Waals surface area contributed by atoms with Crippen LogP contribution in [0.15, 0.2) is 0 Å². The van der Waals surface area contributed by atoms with Crippen LogP contribution < -0.4 is 10.6 Å². The molecule has 2 fully saturated rings. The van der Waals surface area contributed by atoms with Crippen molar-refractivity contribution in [3.05, 3.63) is 0 Å². The van der Waals surface area contributed by atoms with Gasteiger partial charge in [-0.05, 0) is 53.0 Å². The lowest BCUT2D eigenvalue weighted by molar-refractivity contribution is -0.137. The number of rotatable bonds is 2. The van der Waals surface area contributed by atoms with Gasteiger partial charge in [-0.15, -0.1) is 0 Å². The van der Waals surface area contributed by atoms with Gasteiger partial charge in [0.1, 0.15) is 5.60 Å². The Morgan fingerprint density at radius 2 is 1.86 bits per heavy atom. The highest BCUT2D eigenvalue weighted by Gasteiger charge is 2.30. The smallest absolute Gasteiger partial charge is 0.407 e. The minimum absolute atomic E-state index is 0.100. The molecule has 1 atom stereocenters. The van der Waals surface area contributed by atoms with Crippen molar-refractivity contribution in [2.75, 3.05) is 26.2 Å². The van der Waals surface area contributed by atoms with E-state index < -0.39 is 5.60 Å². The van der Waals surface area contributed by atoms with E-state index >= 15 is 0 Å². The van der Waals surface area contributed by atoms with E-state index in [4.69, 9.17) is 4.74 Å². The molecule has 2 rings (SSSR count). The van der Waals surface area contributed by atoms with E-state index in [-0.39, 0.29) is 24.0 Å². The topological polar surface area (TPSA) is 70.7 Å². The monoisotopic (exact) mass is 311 g/mol. The summed E-state index contributed by atoms with van der Waals surface area (Å²) in [4.78, 5) is 26.2. The summed E-state index contributed by atoms with van der Waals surface area (Å²) in [6.45, 7) is 8.82. The lowest BCUT2D eigenvalue weighted by atomic mass is 9.96. The molecular formula is C16H29N3O3. The maximum atomic E-state index is 12.4. The minimum atomic E-state index is -0.477. The zero-order valence-electron chi connectivity index (χ0n) is 14.0. The third-order valence-corrected chi connectivity index (χ3v) is 4.17. The molecule has 0 aromatic heterocycles. The number of hydrogen-bond acceptors (Lipinski definition) is 4. The van der Waals surface area contributed by atoms with Crippen molar-refractivity contribution in [1.29, 1.82) is 0 Å². The first-order valence-electron chi connectivity index (χ1n) is 8.34. The number of alkyl carbamates (subject to hydrolysis) is 1. The Bertz CT molecular complexity index is 392. The summed E-state index contributed by atoms with van der Waals surface area (Å²) in [6.07, 6.45) is 3.29. The molecule has 0 aromatic rings. The van der Waals surface area contributed by atoms with Gasteiger partial charge in [0.2, 0.25) is 5.91 Å². The first kappa shape index (κ1) is 17.1. The number of nitrogens with one attached hydrogen (secondary N) is 2. The number of carbonyl (C=O) groups is 2. The Balaban J connectivity index is 1.73. The van der Waals surface area contributed by atoms with E-state index in [9.17, 15) is 9.59 Å².